The van der Waals surface area contributed by atoms with Crippen molar-refractivity contribution in [3.05, 3.63) is 17.0 Å². The molecular formula is C14H18N2O6S2. The summed E-state index contributed by atoms with van der Waals surface area (Å²) in [5.74, 6) is -1.25. The average molecular weight is 374 g/mol. The molecule has 3 rings (SSSR count). The number of carbonyl (C=O) groups is 2. The summed E-state index contributed by atoms with van der Waals surface area (Å²) in [4.78, 5) is 24.9. The molecule has 0 spiro atoms. The van der Waals surface area contributed by atoms with Crippen LogP contribution in [0.5, 0.6) is 0 Å². The van der Waals surface area contributed by atoms with E-state index in [-0.39, 0.29) is 34.7 Å². The number of ether oxygens (including phenoxy) is 1. The first-order chi connectivity index (χ1) is 11.4. The minimum atomic E-state index is -3.72. The summed E-state index contributed by atoms with van der Waals surface area (Å²) in [6.45, 7) is 2.13. The SMILES string of the molecule is O=C(O)c1csc(S(=O)(=O)N2CCN(C(=O)C3CCOC3)CC2)c1. The zero-order valence-corrected chi connectivity index (χ0v) is 14.5. The van der Waals surface area contributed by atoms with Gasteiger partial charge in [0.1, 0.15) is 4.21 Å². The highest BCUT2D eigenvalue weighted by Gasteiger charge is 2.34. The standard InChI is InChI=1S/C14H18N2O6S2/c17-13(10-1-6-22-8-10)15-2-4-16(5-3-15)24(20,21)12-7-11(9-23-12)14(18)19/h7,9-10H,1-6,8H2,(H,18,19). The fourth-order valence-corrected chi connectivity index (χ4v) is 5.56. The molecule has 1 aromatic rings. The fraction of sp³-hybridized carbons (Fsp3) is 0.571. The van der Waals surface area contributed by atoms with Crippen molar-refractivity contribution in [2.75, 3.05) is 39.4 Å². The molecule has 2 fully saturated rings. The predicted octanol–water partition coefficient (Wildman–Crippen LogP) is 0.316. The Bertz CT molecular complexity index is 730. The summed E-state index contributed by atoms with van der Waals surface area (Å²) in [5, 5.41) is 10.2. The number of carbonyl (C=O) groups excluding carboxylic acids is 1. The van der Waals surface area contributed by atoms with E-state index in [1.165, 1.54) is 15.8 Å². The first kappa shape index (κ1) is 17.3. The van der Waals surface area contributed by atoms with Crippen molar-refractivity contribution in [2.45, 2.75) is 10.6 Å². The maximum atomic E-state index is 12.6. The molecule has 8 nitrogen and oxygen atoms in total. The minimum Gasteiger partial charge on any atom is -0.478 e. The van der Waals surface area contributed by atoms with Crippen LogP contribution in [-0.4, -0.2) is 74.0 Å². The summed E-state index contributed by atoms with van der Waals surface area (Å²) >= 11 is 0.898. The Hall–Kier alpha value is -1.49. The Morgan fingerprint density at radius 2 is 1.96 bits per heavy atom. The molecule has 10 heteroatoms. The van der Waals surface area contributed by atoms with Crippen LogP contribution < -0.4 is 0 Å². The van der Waals surface area contributed by atoms with Crippen molar-refractivity contribution in [3.63, 3.8) is 0 Å². The molecule has 0 saturated carbocycles. The third-order valence-corrected chi connectivity index (χ3v) is 7.56. The first-order valence-corrected chi connectivity index (χ1v) is 9.90. The van der Waals surface area contributed by atoms with Gasteiger partial charge in [-0.25, -0.2) is 13.2 Å². The fourth-order valence-electron chi connectivity index (χ4n) is 2.83. The van der Waals surface area contributed by atoms with Crippen molar-refractivity contribution in [2.24, 2.45) is 5.92 Å². The molecule has 0 aromatic carbocycles. The molecule has 2 aliphatic heterocycles. The molecule has 1 N–H and O–H groups in total. The van der Waals surface area contributed by atoms with Gasteiger partial charge in [-0.1, -0.05) is 0 Å². The van der Waals surface area contributed by atoms with E-state index >= 15 is 0 Å². The van der Waals surface area contributed by atoms with Crippen LogP contribution in [0.2, 0.25) is 0 Å². The smallest absolute Gasteiger partial charge is 0.336 e. The highest BCUT2D eigenvalue weighted by molar-refractivity contribution is 7.91. The number of amides is 1. The molecule has 1 unspecified atom stereocenters. The zero-order valence-electron chi connectivity index (χ0n) is 12.9. The van der Waals surface area contributed by atoms with Crippen LogP contribution in [0.3, 0.4) is 0 Å². The van der Waals surface area contributed by atoms with E-state index in [4.69, 9.17) is 9.84 Å². The first-order valence-electron chi connectivity index (χ1n) is 7.58. The quantitative estimate of drug-likeness (QED) is 0.814. The third kappa shape index (κ3) is 3.32. The number of sulfonamides is 1. The molecule has 2 aliphatic rings. The third-order valence-electron chi connectivity index (χ3n) is 4.25. The summed E-state index contributed by atoms with van der Waals surface area (Å²) < 4.78 is 31.7. The summed E-state index contributed by atoms with van der Waals surface area (Å²) in [6.07, 6.45) is 0.713. The van der Waals surface area contributed by atoms with Gasteiger partial charge in [-0.3, -0.25) is 4.79 Å². The summed E-state index contributed by atoms with van der Waals surface area (Å²) in [6, 6.07) is 1.18. The van der Waals surface area contributed by atoms with E-state index in [9.17, 15) is 18.0 Å². The molecule has 1 aromatic heterocycles. The highest BCUT2D eigenvalue weighted by Crippen LogP contribution is 2.25. The number of hydrogen-bond donors (Lipinski definition) is 1. The van der Waals surface area contributed by atoms with Gasteiger partial charge in [0, 0.05) is 38.2 Å². The van der Waals surface area contributed by atoms with E-state index in [1.807, 2.05) is 0 Å². The number of hydrogen-bond acceptors (Lipinski definition) is 6. The van der Waals surface area contributed by atoms with Gasteiger partial charge in [-0.15, -0.1) is 11.3 Å². The molecule has 132 valence electrons. The van der Waals surface area contributed by atoms with E-state index < -0.39 is 16.0 Å². The maximum absolute atomic E-state index is 12.6. The lowest BCUT2D eigenvalue weighted by Crippen LogP contribution is -2.51. The van der Waals surface area contributed by atoms with Gasteiger partial charge in [-0.2, -0.15) is 4.31 Å². The van der Waals surface area contributed by atoms with Gasteiger partial charge < -0.3 is 14.7 Å². The monoisotopic (exact) mass is 374 g/mol. The van der Waals surface area contributed by atoms with Gasteiger partial charge in [0.15, 0.2) is 0 Å². The van der Waals surface area contributed by atoms with Crippen LogP contribution in [0.15, 0.2) is 15.7 Å². The van der Waals surface area contributed by atoms with Gasteiger partial charge in [-0.05, 0) is 12.5 Å². The van der Waals surface area contributed by atoms with Crippen LogP contribution in [0.25, 0.3) is 0 Å². The van der Waals surface area contributed by atoms with Crippen LogP contribution in [0.1, 0.15) is 16.8 Å². The molecule has 24 heavy (non-hydrogen) atoms. The van der Waals surface area contributed by atoms with Crippen molar-refractivity contribution < 1.29 is 27.9 Å². The Balaban J connectivity index is 1.64. The molecule has 0 aliphatic carbocycles. The molecular weight excluding hydrogens is 356 g/mol. The number of aromatic carboxylic acids is 1. The van der Waals surface area contributed by atoms with Crippen LogP contribution in [0, 0.1) is 5.92 Å². The highest BCUT2D eigenvalue weighted by atomic mass is 32.2. The van der Waals surface area contributed by atoms with Crippen LogP contribution >= 0.6 is 11.3 Å². The van der Waals surface area contributed by atoms with Gasteiger partial charge in [0.25, 0.3) is 10.0 Å². The second-order valence-corrected chi connectivity index (χ2v) is 8.83. The predicted molar refractivity (Wildman–Crippen MR) is 85.5 cm³/mol. The lowest BCUT2D eigenvalue weighted by Gasteiger charge is -2.34. The van der Waals surface area contributed by atoms with Crippen LogP contribution in [0.4, 0.5) is 0 Å². The molecule has 1 atom stereocenters. The number of carboxylic acids is 1. The number of carboxylic acid groups (broad SMARTS) is 1. The van der Waals surface area contributed by atoms with Gasteiger partial charge in [0.2, 0.25) is 5.91 Å². The second-order valence-electron chi connectivity index (χ2n) is 5.75. The average Bonchev–Trinajstić information content (AvgIpc) is 3.26. The Kier molecular flexibility index (Phi) is 4.90. The molecule has 2 saturated heterocycles. The topological polar surface area (TPSA) is 104 Å². The van der Waals surface area contributed by atoms with E-state index in [0.29, 0.717) is 32.7 Å². The number of rotatable bonds is 4. The van der Waals surface area contributed by atoms with E-state index in [0.717, 1.165) is 11.3 Å². The molecule has 1 amide bonds. The van der Waals surface area contributed by atoms with Crippen LogP contribution in [-0.2, 0) is 19.6 Å². The summed E-state index contributed by atoms with van der Waals surface area (Å²) in [7, 11) is -3.72. The Morgan fingerprint density at radius 3 is 2.50 bits per heavy atom. The largest absolute Gasteiger partial charge is 0.478 e. The molecule has 0 bridgehead atoms. The second kappa shape index (κ2) is 6.79. The van der Waals surface area contributed by atoms with Crippen molar-refractivity contribution >= 4 is 33.2 Å². The maximum Gasteiger partial charge on any atom is 0.336 e. The Labute approximate surface area is 143 Å². The Morgan fingerprint density at radius 1 is 1.25 bits per heavy atom. The van der Waals surface area contributed by atoms with Gasteiger partial charge in [0.05, 0.1) is 18.1 Å². The van der Waals surface area contributed by atoms with Crippen molar-refractivity contribution in [1.29, 1.82) is 0 Å². The minimum absolute atomic E-state index is 0.0175. The number of nitrogens with zero attached hydrogens (tertiary/aromatic N) is 2. The lowest BCUT2D eigenvalue weighted by molar-refractivity contribution is -0.136. The number of thiophene rings is 1. The van der Waals surface area contributed by atoms with Crippen molar-refractivity contribution in [1.82, 2.24) is 9.21 Å². The van der Waals surface area contributed by atoms with Gasteiger partial charge >= 0.3 is 5.97 Å². The lowest BCUT2D eigenvalue weighted by atomic mass is 10.1. The molecule has 0 radical (unpaired) electrons. The van der Waals surface area contributed by atoms with E-state index in [1.54, 1.807) is 4.90 Å². The van der Waals surface area contributed by atoms with Crippen molar-refractivity contribution in [3.8, 4) is 0 Å². The summed E-state index contributed by atoms with van der Waals surface area (Å²) in [5.41, 5.74) is -0.0337. The normalized spacial score (nSPS) is 22.7. The van der Waals surface area contributed by atoms with E-state index in [2.05, 4.69) is 0 Å². The number of piperazine rings is 1. The zero-order chi connectivity index (χ0) is 17.3. The molecule has 3 heterocycles.